The number of nitrogens with zero attached hydrogens (tertiary/aromatic N) is 2. The van der Waals surface area contributed by atoms with Crippen LogP contribution in [0.1, 0.15) is 47.0 Å². The van der Waals surface area contributed by atoms with Gasteiger partial charge in [-0.3, -0.25) is 4.79 Å². The number of nitrogens with two attached hydrogens (primary N) is 1. The first kappa shape index (κ1) is 16.7. The van der Waals surface area contributed by atoms with Crippen LogP contribution >= 0.6 is 0 Å². The van der Waals surface area contributed by atoms with Gasteiger partial charge in [0.15, 0.2) is 0 Å². The van der Waals surface area contributed by atoms with E-state index in [1.165, 1.54) is 0 Å². The van der Waals surface area contributed by atoms with E-state index < -0.39 is 0 Å². The molecule has 0 aromatic rings. The summed E-state index contributed by atoms with van der Waals surface area (Å²) in [6.07, 6.45) is 2.12. The molecule has 0 aromatic heterocycles. The lowest BCUT2D eigenvalue weighted by molar-refractivity contribution is -0.136. The zero-order valence-electron chi connectivity index (χ0n) is 12.0. The van der Waals surface area contributed by atoms with Gasteiger partial charge >= 0.3 is 0 Å². The van der Waals surface area contributed by atoms with Crippen molar-refractivity contribution < 1.29 is 10.0 Å². The Bertz CT molecular complexity index is 273. The van der Waals surface area contributed by atoms with Crippen LogP contribution in [0.5, 0.6) is 0 Å². The Balaban J connectivity index is 4.60. The second kappa shape index (κ2) is 8.78. The van der Waals surface area contributed by atoms with Crippen LogP contribution in [-0.4, -0.2) is 34.9 Å². The van der Waals surface area contributed by atoms with Crippen molar-refractivity contribution in [1.82, 2.24) is 4.90 Å². The Labute approximate surface area is 110 Å². The fourth-order valence-corrected chi connectivity index (χ4v) is 1.93. The number of hydrogen-bond acceptors (Lipinski definition) is 3. The summed E-state index contributed by atoms with van der Waals surface area (Å²) in [5, 5.41) is 11.5. The van der Waals surface area contributed by atoms with Crippen LogP contribution in [0.25, 0.3) is 0 Å². The summed E-state index contributed by atoms with van der Waals surface area (Å²) < 4.78 is 0. The topological polar surface area (TPSA) is 78.9 Å². The molecule has 0 aromatic carbocycles. The Morgan fingerprint density at radius 2 is 1.89 bits per heavy atom. The molecule has 0 unspecified atom stereocenters. The van der Waals surface area contributed by atoms with Crippen molar-refractivity contribution in [3.63, 3.8) is 0 Å². The van der Waals surface area contributed by atoms with Crippen molar-refractivity contribution in [1.29, 1.82) is 0 Å². The first-order chi connectivity index (χ1) is 8.46. The molecule has 5 heteroatoms. The van der Waals surface area contributed by atoms with E-state index in [1.54, 1.807) is 0 Å². The Kier molecular flexibility index (Phi) is 8.16. The maximum Gasteiger partial charge on any atom is 0.225 e. The third kappa shape index (κ3) is 5.89. The molecule has 0 aliphatic heterocycles. The van der Waals surface area contributed by atoms with Crippen LogP contribution in [-0.2, 0) is 4.79 Å². The molecule has 18 heavy (non-hydrogen) atoms. The first-order valence-corrected chi connectivity index (χ1v) is 6.71. The molecule has 0 atom stereocenters. The highest BCUT2D eigenvalue weighted by atomic mass is 16.4. The van der Waals surface area contributed by atoms with E-state index in [1.807, 2.05) is 18.7 Å². The molecule has 0 bridgehead atoms. The number of carbonyl (C=O) groups excluding carboxylic acids is 1. The minimum Gasteiger partial charge on any atom is -0.409 e. The van der Waals surface area contributed by atoms with Gasteiger partial charge in [-0.05, 0) is 18.8 Å². The zero-order chi connectivity index (χ0) is 14.1. The lowest BCUT2D eigenvalue weighted by atomic mass is 10.0. The van der Waals surface area contributed by atoms with Gasteiger partial charge in [-0.15, -0.1) is 0 Å². The molecule has 0 saturated carbocycles. The molecular formula is C13H27N3O2. The number of amidine groups is 1. The molecule has 0 saturated heterocycles. The van der Waals surface area contributed by atoms with Gasteiger partial charge < -0.3 is 15.8 Å². The standard InChI is InChI=1S/C13H27N3O2/c1-5-11(6-2)13(17)16(9-10(3)4)8-7-12(14)15-18/h10-11,18H,5-9H2,1-4H3,(H2,14,15). The molecular weight excluding hydrogens is 230 g/mol. The second-order valence-electron chi connectivity index (χ2n) is 5.03. The minimum atomic E-state index is 0.0797. The van der Waals surface area contributed by atoms with Gasteiger partial charge in [-0.25, -0.2) is 0 Å². The first-order valence-electron chi connectivity index (χ1n) is 6.71. The van der Waals surface area contributed by atoms with Crippen molar-refractivity contribution in [2.45, 2.75) is 47.0 Å². The highest BCUT2D eigenvalue weighted by Gasteiger charge is 2.22. The fourth-order valence-electron chi connectivity index (χ4n) is 1.93. The lowest BCUT2D eigenvalue weighted by Crippen LogP contribution is -2.40. The van der Waals surface area contributed by atoms with Crippen molar-refractivity contribution in [3.8, 4) is 0 Å². The highest BCUT2D eigenvalue weighted by molar-refractivity contribution is 5.82. The monoisotopic (exact) mass is 257 g/mol. The summed E-state index contributed by atoms with van der Waals surface area (Å²) in [6.45, 7) is 9.46. The van der Waals surface area contributed by atoms with Gasteiger partial charge in [0.2, 0.25) is 5.91 Å². The van der Waals surface area contributed by atoms with E-state index in [0.29, 0.717) is 25.4 Å². The second-order valence-corrected chi connectivity index (χ2v) is 5.03. The molecule has 0 spiro atoms. The Morgan fingerprint density at radius 3 is 2.28 bits per heavy atom. The van der Waals surface area contributed by atoms with Gasteiger partial charge in [-0.1, -0.05) is 32.9 Å². The average molecular weight is 257 g/mol. The van der Waals surface area contributed by atoms with Crippen molar-refractivity contribution >= 4 is 11.7 Å². The van der Waals surface area contributed by atoms with Gasteiger partial charge in [0.05, 0.1) is 0 Å². The van der Waals surface area contributed by atoms with E-state index in [0.717, 1.165) is 12.8 Å². The number of oxime groups is 1. The van der Waals surface area contributed by atoms with E-state index in [4.69, 9.17) is 10.9 Å². The molecule has 3 N–H and O–H groups in total. The average Bonchev–Trinajstić information content (AvgIpc) is 2.34. The minimum absolute atomic E-state index is 0.0797. The smallest absolute Gasteiger partial charge is 0.225 e. The largest absolute Gasteiger partial charge is 0.409 e. The third-order valence-corrected chi connectivity index (χ3v) is 3.00. The molecule has 0 heterocycles. The zero-order valence-corrected chi connectivity index (χ0v) is 12.0. The molecule has 1 amide bonds. The SMILES string of the molecule is CCC(CC)C(=O)N(CCC(N)=NO)CC(C)C. The van der Waals surface area contributed by atoms with E-state index in [-0.39, 0.29) is 17.7 Å². The maximum absolute atomic E-state index is 12.3. The van der Waals surface area contributed by atoms with Crippen LogP contribution in [0.2, 0.25) is 0 Å². The van der Waals surface area contributed by atoms with E-state index in [2.05, 4.69) is 19.0 Å². The van der Waals surface area contributed by atoms with Gasteiger partial charge in [-0.2, -0.15) is 0 Å². The number of rotatable bonds is 8. The third-order valence-electron chi connectivity index (χ3n) is 3.00. The molecule has 0 fully saturated rings. The Hall–Kier alpha value is -1.26. The maximum atomic E-state index is 12.3. The van der Waals surface area contributed by atoms with Gasteiger partial charge in [0.25, 0.3) is 0 Å². The number of hydrogen-bond donors (Lipinski definition) is 2. The predicted molar refractivity (Wildman–Crippen MR) is 73.5 cm³/mol. The highest BCUT2D eigenvalue weighted by Crippen LogP contribution is 2.13. The molecule has 5 nitrogen and oxygen atoms in total. The fraction of sp³-hybridized carbons (Fsp3) is 0.846. The molecule has 0 aliphatic rings. The van der Waals surface area contributed by atoms with E-state index >= 15 is 0 Å². The van der Waals surface area contributed by atoms with Crippen LogP contribution in [0.15, 0.2) is 5.16 Å². The van der Waals surface area contributed by atoms with Crippen LogP contribution < -0.4 is 5.73 Å². The summed E-state index contributed by atoms with van der Waals surface area (Å²) in [6, 6.07) is 0. The molecule has 0 rings (SSSR count). The van der Waals surface area contributed by atoms with Gasteiger partial charge in [0.1, 0.15) is 5.84 Å². The predicted octanol–water partition coefficient (Wildman–Crippen LogP) is 2.04. The van der Waals surface area contributed by atoms with Crippen LogP contribution in [0.4, 0.5) is 0 Å². The normalized spacial score (nSPS) is 12.2. The van der Waals surface area contributed by atoms with Crippen LogP contribution in [0.3, 0.4) is 0 Å². The summed E-state index contributed by atoms with van der Waals surface area (Å²) in [5.74, 6) is 0.840. The Morgan fingerprint density at radius 1 is 1.33 bits per heavy atom. The molecule has 106 valence electrons. The van der Waals surface area contributed by atoms with Gasteiger partial charge in [0, 0.05) is 25.4 Å². The summed E-state index contributed by atoms with van der Waals surface area (Å²) in [5.41, 5.74) is 5.46. The molecule has 0 radical (unpaired) electrons. The van der Waals surface area contributed by atoms with Crippen molar-refractivity contribution in [2.75, 3.05) is 13.1 Å². The summed E-state index contributed by atoms with van der Waals surface area (Å²) in [7, 11) is 0. The summed E-state index contributed by atoms with van der Waals surface area (Å²) >= 11 is 0. The molecule has 0 aliphatic carbocycles. The summed E-state index contributed by atoms with van der Waals surface area (Å²) in [4.78, 5) is 14.2. The van der Waals surface area contributed by atoms with E-state index in [9.17, 15) is 4.79 Å². The number of amides is 1. The number of carbonyl (C=O) groups is 1. The lowest BCUT2D eigenvalue weighted by Gasteiger charge is -2.28. The van der Waals surface area contributed by atoms with Crippen molar-refractivity contribution in [2.24, 2.45) is 22.7 Å². The van der Waals surface area contributed by atoms with Crippen molar-refractivity contribution in [3.05, 3.63) is 0 Å². The quantitative estimate of drug-likeness (QED) is 0.302. The van der Waals surface area contributed by atoms with Crippen LogP contribution in [0, 0.1) is 11.8 Å².